The third kappa shape index (κ3) is 2.88. The molecule has 1 heteroatoms. The van der Waals surface area contributed by atoms with Gasteiger partial charge in [0.15, 0.2) is 0 Å². The molecule has 0 aliphatic heterocycles. The molecule has 0 heterocycles. The standard InChI is InChI=1S/C16H19N/c1-13-5-4-6-15(10-7-13)17(3)16-11-8-14(2)9-12-16/h4-5,7-12H,6H2,1-3H3. The van der Waals surface area contributed by atoms with Gasteiger partial charge in [0.05, 0.1) is 0 Å². The molecule has 0 spiro atoms. The maximum Gasteiger partial charge on any atom is 0.0405 e. The number of hydrogen-bond acceptors (Lipinski definition) is 1. The van der Waals surface area contributed by atoms with Crippen LogP contribution in [0.5, 0.6) is 0 Å². The minimum Gasteiger partial charge on any atom is -0.348 e. The second kappa shape index (κ2) is 5.05. The van der Waals surface area contributed by atoms with Gasteiger partial charge in [-0.05, 0) is 32.1 Å². The molecule has 0 bridgehead atoms. The average Bonchev–Trinajstić information content (AvgIpc) is 2.54. The van der Waals surface area contributed by atoms with Crippen molar-refractivity contribution < 1.29 is 0 Å². The molecule has 1 aliphatic carbocycles. The van der Waals surface area contributed by atoms with Crippen LogP contribution in [0.3, 0.4) is 0 Å². The molecule has 1 aromatic carbocycles. The topological polar surface area (TPSA) is 3.24 Å². The van der Waals surface area contributed by atoms with E-state index >= 15 is 0 Å². The number of benzene rings is 1. The monoisotopic (exact) mass is 225 g/mol. The van der Waals surface area contributed by atoms with Gasteiger partial charge in [-0.15, -0.1) is 0 Å². The molecule has 0 saturated carbocycles. The number of aryl methyl sites for hydroxylation is 1. The van der Waals surface area contributed by atoms with Gasteiger partial charge in [-0.1, -0.05) is 41.5 Å². The number of rotatable bonds is 2. The first-order valence-corrected chi connectivity index (χ1v) is 6.01. The molecule has 0 N–H and O–H groups in total. The summed E-state index contributed by atoms with van der Waals surface area (Å²) in [6, 6.07) is 8.64. The Hall–Kier alpha value is -1.76. The fourth-order valence-corrected chi connectivity index (χ4v) is 1.90. The average molecular weight is 225 g/mol. The van der Waals surface area contributed by atoms with Crippen molar-refractivity contribution in [1.29, 1.82) is 0 Å². The van der Waals surface area contributed by atoms with E-state index in [1.807, 2.05) is 0 Å². The summed E-state index contributed by atoms with van der Waals surface area (Å²) < 4.78 is 0. The van der Waals surface area contributed by atoms with E-state index in [1.165, 1.54) is 22.5 Å². The highest BCUT2D eigenvalue weighted by molar-refractivity contribution is 5.53. The van der Waals surface area contributed by atoms with Crippen LogP contribution in [-0.2, 0) is 0 Å². The lowest BCUT2D eigenvalue weighted by Gasteiger charge is -2.21. The summed E-state index contributed by atoms with van der Waals surface area (Å²) in [7, 11) is 2.12. The van der Waals surface area contributed by atoms with Crippen molar-refractivity contribution in [3.8, 4) is 0 Å². The fraction of sp³-hybridized carbons (Fsp3) is 0.250. The van der Waals surface area contributed by atoms with Crippen molar-refractivity contribution in [1.82, 2.24) is 0 Å². The summed E-state index contributed by atoms with van der Waals surface area (Å²) >= 11 is 0. The highest BCUT2D eigenvalue weighted by Crippen LogP contribution is 2.21. The van der Waals surface area contributed by atoms with Crippen molar-refractivity contribution in [3.05, 3.63) is 65.4 Å². The number of allylic oxidation sites excluding steroid dienone is 5. The van der Waals surface area contributed by atoms with Crippen LogP contribution in [0.25, 0.3) is 0 Å². The Balaban J connectivity index is 2.23. The lowest BCUT2D eigenvalue weighted by molar-refractivity contribution is 1.03. The van der Waals surface area contributed by atoms with E-state index in [0.717, 1.165) is 6.42 Å². The highest BCUT2D eigenvalue weighted by atomic mass is 15.1. The van der Waals surface area contributed by atoms with Crippen LogP contribution in [0.2, 0.25) is 0 Å². The quantitative estimate of drug-likeness (QED) is 0.728. The van der Waals surface area contributed by atoms with Crippen LogP contribution in [0.15, 0.2) is 59.8 Å². The second-order valence-corrected chi connectivity index (χ2v) is 4.57. The Morgan fingerprint density at radius 3 is 2.41 bits per heavy atom. The molecular weight excluding hydrogens is 206 g/mol. The molecule has 2 rings (SSSR count). The molecule has 0 fully saturated rings. The number of hydrogen-bond donors (Lipinski definition) is 0. The minimum atomic E-state index is 0.984. The summed E-state index contributed by atoms with van der Waals surface area (Å²) in [6.07, 6.45) is 9.75. The zero-order valence-electron chi connectivity index (χ0n) is 10.8. The molecule has 0 aromatic heterocycles. The van der Waals surface area contributed by atoms with Crippen LogP contribution < -0.4 is 4.90 Å². The lowest BCUT2D eigenvalue weighted by atomic mass is 10.2. The van der Waals surface area contributed by atoms with Gasteiger partial charge >= 0.3 is 0 Å². The van der Waals surface area contributed by atoms with Crippen LogP contribution in [0, 0.1) is 6.92 Å². The Morgan fingerprint density at radius 2 is 1.71 bits per heavy atom. The zero-order chi connectivity index (χ0) is 12.3. The van der Waals surface area contributed by atoms with E-state index in [1.54, 1.807) is 0 Å². The third-order valence-electron chi connectivity index (χ3n) is 3.10. The van der Waals surface area contributed by atoms with E-state index in [4.69, 9.17) is 0 Å². The summed E-state index contributed by atoms with van der Waals surface area (Å²) in [5, 5.41) is 0. The molecule has 0 saturated heterocycles. The Morgan fingerprint density at radius 1 is 1.00 bits per heavy atom. The van der Waals surface area contributed by atoms with E-state index in [2.05, 4.69) is 74.4 Å². The Labute approximate surface area is 104 Å². The first kappa shape index (κ1) is 11.7. The van der Waals surface area contributed by atoms with Crippen LogP contribution in [0.4, 0.5) is 5.69 Å². The third-order valence-corrected chi connectivity index (χ3v) is 3.10. The van der Waals surface area contributed by atoms with Crippen molar-refractivity contribution in [2.24, 2.45) is 0 Å². The maximum atomic E-state index is 2.25. The molecule has 1 aliphatic rings. The maximum absolute atomic E-state index is 2.25. The van der Waals surface area contributed by atoms with Gasteiger partial charge in [-0.3, -0.25) is 0 Å². The predicted molar refractivity (Wildman–Crippen MR) is 75.2 cm³/mol. The molecule has 0 amide bonds. The smallest absolute Gasteiger partial charge is 0.0405 e. The van der Waals surface area contributed by atoms with E-state index in [-0.39, 0.29) is 0 Å². The van der Waals surface area contributed by atoms with Gasteiger partial charge in [-0.2, -0.15) is 0 Å². The zero-order valence-corrected chi connectivity index (χ0v) is 10.8. The minimum absolute atomic E-state index is 0.984. The molecule has 0 radical (unpaired) electrons. The van der Waals surface area contributed by atoms with Gasteiger partial charge in [0, 0.05) is 24.9 Å². The molecule has 17 heavy (non-hydrogen) atoms. The predicted octanol–water partition coefficient (Wildman–Crippen LogP) is 4.22. The summed E-state index contributed by atoms with van der Waals surface area (Å²) in [6.45, 7) is 4.24. The first-order chi connectivity index (χ1) is 8.16. The van der Waals surface area contributed by atoms with Crippen molar-refractivity contribution >= 4 is 5.69 Å². The first-order valence-electron chi connectivity index (χ1n) is 6.01. The van der Waals surface area contributed by atoms with Crippen LogP contribution >= 0.6 is 0 Å². The summed E-state index contributed by atoms with van der Waals surface area (Å²) in [5.74, 6) is 0. The van der Waals surface area contributed by atoms with E-state index in [9.17, 15) is 0 Å². The van der Waals surface area contributed by atoms with Gasteiger partial charge in [-0.25, -0.2) is 0 Å². The largest absolute Gasteiger partial charge is 0.348 e. The number of anilines is 1. The van der Waals surface area contributed by atoms with Crippen molar-refractivity contribution in [3.63, 3.8) is 0 Å². The van der Waals surface area contributed by atoms with Gasteiger partial charge < -0.3 is 4.90 Å². The molecule has 1 aromatic rings. The normalized spacial score (nSPS) is 15.0. The number of nitrogens with zero attached hydrogens (tertiary/aromatic N) is 1. The van der Waals surface area contributed by atoms with Crippen molar-refractivity contribution in [2.45, 2.75) is 20.3 Å². The van der Waals surface area contributed by atoms with Gasteiger partial charge in [0.25, 0.3) is 0 Å². The van der Waals surface area contributed by atoms with Crippen LogP contribution in [-0.4, -0.2) is 7.05 Å². The molecule has 1 nitrogen and oxygen atoms in total. The highest BCUT2D eigenvalue weighted by Gasteiger charge is 2.06. The molecule has 0 unspecified atom stereocenters. The summed E-state index contributed by atoms with van der Waals surface area (Å²) in [5.41, 5.74) is 5.16. The SMILES string of the molecule is CC1=CC=C(N(C)c2ccc(C)cc2)CC=C1. The van der Waals surface area contributed by atoms with Gasteiger partial charge in [0.1, 0.15) is 0 Å². The van der Waals surface area contributed by atoms with Gasteiger partial charge in [0.2, 0.25) is 0 Å². The lowest BCUT2D eigenvalue weighted by Crippen LogP contribution is -2.15. The Bertz CT molecular complexity index is 475. The van der Waals surface area contributed by atoms with Crippen LogP contribution in [0.1, 0.15) is 18.9 Å². The molecule has 88 valence electrons. The van der Waals surface area contributed by atoms with E-state index < -0.39 is 0 Å². The molecule has 0 atom stereocenters. The summed E-state index contributed by atoms with van der Waals surface area (Å²) in [4.78, 5) is 2.25. The van der Waals surface area contributed by atoms with Crippen molar-refractivity contribution in [2.75, 3.05) is 11.9 Å². The second-order valence-electron chi connectivity index (χ2n) is 4.57. The molecular formula is C16H19N. The van der Waals surface area contributed by atoms with E-state index in [0.29, 0.717) is 0 Å². The fourth-order valence-electron chi connectivity index (χ4n) is 1.90. The Kier molecular flexibility index (Phi) is 3.48.